The Labute approximate surface area is 114 Å². The smallest absolute Gasteiger partial charge is 0.312 e. The van der Waals surface area contributed by atoms with Crippen LogP contribution in [0.3, 0.4) is 0 Å². The summed E-state index contributed by atoms with van der Waals surface area (Å²) in [4.78, 5) is 10.5. The monoisotopic (exact) mass is 314 g/mol. The van der Waals surface area contributed by atoms with Crippen molar-refractivity contribution in [2.75, 3.05) is 0 Å². The van der Waals surface area contributed by atoms with E-state index in [-0.39, 0.29) is 23.2 Å². The summed E-state index contributed by atoms with van der Waals surface area (Å²) in [6, 6.07) is 4.87. The van der Waals surface area contributed by atoms with Crippen LogP contribution in [0.2, 0.25) is 0 Å². The summed E-state index contributed by atoms with van der Waals surface area (Å²) in [5.74, 6) is 0.299. The standard InChI is InChI=1S/C12H15BrN2O3/c1-12(2)10(14)6-11(12)18-9-4-3-7(13)5-8(9)15(16)17/h3-5,10-11H,6,14H2,1-2H3. The van der Waals surface area contributed by atoms with Crippen molar-refractivity contribution in [3.05, 3.63) is 32.8 Å². The molecule has 6 heteroatoms. The first-order chi connectivity index (χ1) is 8.32. The molecule has 0 radical (unpaired) electrons. The molecule has 1 saturated carbocycles. The van der Waals surface area contributed by atoms with Gasteiger partial charge in [-0.15, -0.1) is 0 Å². The molecule has 0 amide bonds. The van der Waals surface area contributed by atoms with Crippen molar-refractivity contribution in [2.45, 2.75) is 32.4 Å². The molecule has 2 rings (SSSR count). The number of benzene rings is 1. The maximum atomic E-state index is 11.0. The van der Waals surface area contributed by atoms with Crippen LogP contribution in [-0.4, -0.2) is 17.1 Å². The number of halogens is 1. The average molecular weight is 315 g/mol. The number of nitro groups is 1. The van der Waals surface area contributed by atoms with E-state index in [0.29, 0.717) is 10.2 Å². The second-order valence-corrected chi connectivity index (χ2v) is 6.05. The Morgan fingerprint density at radius 3 is 2.72 bits per heavy atom. The van der Waals surface area contributed by atoms with Crippen molar-refractivity contribution < 1.29 is 9.66 Å². The molecule has 0 heterocycles. The second-order valence-electron chi connectivity index (χ2n) is 5.14. The topological polar surface area (TPSA) is 78.4 Å². The Hall–Kier alpha value is -1.14. The molecule has 98 valence electrons. The first-order valence-electron chi connectivity index (χ1n) is 5.68. The van der Waals surface area contributed by atoms with Crippen molar-refractivity contribution in [3.63, 3.8) is 0 Å². The van der Waals surface area contributed by atoms with E-state index in [1.165, 1.54) is 6.07 Å². The van der Waals surface area contributed by atoms with E-state index < -0.39 is 4.92 Å². The van der Waals surface area contributed by atoms with Gasteiger partial charge in [-0.25, -0.2) is 0 Å². The SMILES string of the molecule is CC1(C)C(N)CC1Oc1ccc(Br)cc1[N+](=O)[O-]. The molecular formula is C12H15BrN2O3. The quantitative estimate of drug-likeness (QED) is 0.687. The summed E-state index contributed by atoms with van der Waals surface area (Å²) in [6.45, 7) is 4.02. The minimum atomic E-state index is -0.439. The molecule has 0 spiro atoms. The van der Waals surface area contributed by atoms with E-state index in [9.17, 15) is 10.1 Å². The molecule has 1 aliphatic carbocycles. The zero-order chi connectivity index (χ0) is 13.5. The third-order valence-electron chi connectivity index (χ3n) is 3.64. The van der Waals surface area contributed by atoms with Gasteiger partial charge in [0.2, 0.25) is 0 Å². The highest BCUT2D eigenvalue weighted by Gasteiger charge is 2.48. The third-order valence-corrected chi connectivity index (χ3v) is 4.13. The van der Waals surface area contributed by atoms with Crippen LogP contribution in [-0.2, 0) is 0 Å². The fourth-order valence-electron chi connectivity index (χ4n) is 2.00. The van der Waals surface area contributed by atoms with E-state index in [4.69, 9.17) is 10.5 Å². The Balaban J connectivity index is 2.23. The number of hydrogen-bond acceptors (Lipinski definition) is 4. The number of rotatable bonds is 3. The minimum Gasteiger partial charge on any atom is -0.483 e. The molecular weight excluding hydrogens is 300 g/mol. The van der Waals surface area contributed by atoms with E-state index in [0.717, 1.165) is 6.42 Å². The lowest BCUT2D eigenvalue weighted by Gasteiger charge is -2.49. The zero-order valence-corrected chi connectivity index (χ0v) is 11.8. The summed E-state index contributed by atoms with van der Waals surface area (Å²) in [5.41, 5.74) is 5.72. The maximum Gasteiger partial charge on any atom is 0.312 e. The van der Waals surface area contributed by atoms with Crippen molar-refractivity contribution in [1.82, 2.24) is 0 Å². The lowest BCUT2D eigenvalue weighted by molar-refractivity contribution is -0.386. The van der Waals surface area contributed by atoms with Gasteiger partial charge < -0.3 is 10.5 Å². The Morgan fingerprint density at radius 2 is 2.22 bits per heavy atom. The number of nitro benzene ring substituents is 1. The normalized spacial score (nSPS) is 25.3. The van der Waals surface area contributed by atoms with E-state index in [2.05, 4.69) is 15.9 Å². The molecule has 0 saturated heterocycles. The Morgan fingerprint density at radius 1 is 1.56 bits per heavy atom. The lowest BCUT2D eigenvalue weighted by Crippen LogP contribution is -2.60. The van der Waals surface area contributed by atoms with E-state index >= 15 is 0 Å². The van der Waals surface area contributed by atoms with Gasteiger partial charge in [0.15, 0.2) is 5.75 Å². The average Bonchev–Trinajstić information content (AvgIpc) is 2.30. The third kappa shape index (κ3) is 2.22. The van der Waals surface area contributed by atoms with E-state index in [1.54, 1.807) is 12.1 Å². The van der Waals surface area contributed by atoms with Crippen LogP contribution in [0.4, 0.5) is 5.69 Å². The number of nitrogens with zero attached hydrogens (tertiary/aromatic N) is 1. The van der Waals surface area contributed by atoms with Gasteiger partial charge in [0.1, 0.15) is 6.10 Å². The molecule has 1 aromatic carbocycles. The summed E-state index contributed by atoms with van der Waals surface area (Å²) in [5, 5.41) is 11.0. The first-order valence-corrected chi connectivity index (χ1v) is 6.48. The molecule has 0 aliphatic heterocycles. The van der Waals surface area contributed by atoms with Crippen LogP contribution >= 0.6 is 15.9 Å². The van der Waals surface area contributed by atoms with Crippen LogP contribution in [0, 0.1) is 15.5 Å². The zero-order valence-electron chi connectivity index (χ0n) is 10.2. The van der Waals surface area contributed by atoms with Crippen molar-refractivity contribution >= 4 is 21.6 Å². The predicted octanol–water partition coefficient (Wildman–Crippen LogP) is 2.86. The van der Waals surface area contributed by atoms with Gasteiger partial charge >= 0.3 is 5.69 Å². The van der Waals surface area contributed by atoms with Crippen LogP contribution in [0.1, 0.15) is 20.3 Å². The minimum absolute atomic E-state index is 0.0272. The fraction of sp³-hybridized carbons (Fsp3) is 0.500. The molecule has 1 aromatic rings. The van der Waals surface area contributed by atoms with Crippen LogP contribution < -0.4 is 10.5 Å². The Bertz CT molecular complexity index is 490. The first kappa shape index (κ1) is 13.3. The summed E-state index contributed by atoms with van der Waals surface area (Å²) in [6.07, 6.45) is 0.646. The molecule has 1 fully saturated rings. The van der Waals surface area contributed by atoms with Gasteiger partial charge in [-0.1, -0.05) is 29.8 Å². The van der Waals surface area contributed by atoms with Crippen molar-refractivity contribution in [3.8, 4) is 5.75 Å². The molecule has 2 unspecified atom stereocenters. The Kier molecular flexibility index (Phi) is 3.33. The van der Waals surface area contributed by atoms with Crippen LogP contribution in [0.5, 0.6) is 5.75 Å². The highest BCUT2D eigenvalue weighted by atomic mass is 79.9. The fourth-order valence-corrected chi connectivity index (χ4v) is 2.35. The molecule has 0 aromatic heterocycles. The second kappa shape index (κ2) is 4.51. The lowest BCUT2D eigenvalue weighted by atomic mass is 9.65. The number of nitrogens with two attached hydrogens (primary N) is 1. The number of hydrogen-bond donors (Lipinski definition) is 1. The van der Waals surface area contributed by atoms with Gasteiger partial charge in [0.25, 0.3) is 0 Å². The van der Waals surface area contributed by atoms with Gasteiger partial charge in [-0.05, 0) is 12.1 Å². The highest BCUT2D eigenvalue weighted by Crippen LogP contribution is 2.43. The maximum absolute atomic E-state index is 11.0. The molecule has 2 N–H and O–H groups in total. The molecule has 1 aliphatic rings. The largest absolute Gasteiger partial charge is 0.483 e. The van der Waals surface area contributed by atoms with Gasteiger partial charge in [-0.2, -0.15) is 0 Å². The van der Waals surface area contributed by atoms with Crippen molar-refractivity contribution in [1.29, 1.82) is 0 Å². The summed E-state index contributed by atoms with van der Waals surface area (Å²) >= 11 is 3.21. The van der Waals surface area contributed by atoms with Crippen molar-refractivity contribution in [2.24, 2.45) is 11.1 Å². The molecule has 5 nitrogen and oxygen atoms in total. The highest BCUT2D eigenvalue weighted by molar-refractivity contribution is 9.10. The molecule has 2 atom stereocenters. The molecule has 0 bridgehead atoms. The van der Waals surface area contributed by atoms with Gasteiger partial charge in [0, 0.05) is 28.4 Å². The van der Waals surface area contributed by atoms with Crippen LogP contribution in [0.25, 0.3) is 0 Å². The number of ether oxygens (including phenoxy) is 1. The van der Waals surface area contributed by atoms with E-state index in [1.807, 2.05) is 13.8 Å². The van der Waals surface area contributed by atoms with Gasteiger partial charge in [0.05, 0.1) is 4.92 Å². The summed E-state index contributed by atoms with van der Waals surface area (Å²) in [7, 11) is 0. The van der Waals surface area contributed by atoms with Crippen LogP contribution in [0.15, 0.2) is 22.7 Å². The predicted molar refractivity (Wildman–Crippen MR) is 71.6 cm³/mol. The molecule has 18 heavy (non-hydrogen) atoms. The van der Waals surface area contributed by atoms with Gasteiger partial charge in [-0.3, -0.25) is 10.1 Å². The summed E-state index contributed by atoms with van der Waals surface area (Å²) < 4.78 is 6.40.